The first-order chi connectivity index (χ1) is 15.0. The van der Waals surface area contributed by atoms with Crippen LogP contribution in [0.2, 0.25) is 0 Å². The second-order valence-electron chi connectivity index (χ2n) is 7.09. The number of anilines is 1. The number of carbonyl (C=O) groups is 2. The van der Waals surface area contributed by atoms with E-state index in [1.54, 1.807) is 25.2 Å². The number of amides is 2. The highest BCUT2D eigenvalue weighted by Crippen LogP contribution is 2.27. The number of carbonyl (C=O) groups excluding carboxylic acids is 2. The minimum atomic E-state index is -0.696. The van der Waals surface area contributed by atoms with Crippen molar-refractivity contribution in [3.05, 3.63) is 72.1 Å². The maximum Gasteiger partial charge on any atom is 0.270 e. The number of ether oxygens (including phenoxy) is 2. The first-order valence-electron chi connectivity index (χ1n) is 9.86. The molecule has 0 radical (unpaired) electrons. The molecule has 8 nitrogen and oxygen atoms in total. The van der Waals surface area contributed by atoms with Gasteiger partial charge in [0.25, 0.3) is 5.91 Å². The van der Waals surface area contributed by atoms with Crippen LogP contribution in [0.4, 0.5) is 5.82 Å². The standard InChI is InChI=1S/C23H22N4O4/c1-27-21-15(9-11-20(26-21)30-2)8-10-18(23(27)29)25-22(28)19-14-17(12-13-24-19)31-16-6-4-3-5-7-16/h3-7,9,11-14,18H,8,10H2,1-2H3,(H,25,28)/t18-/m0/s1. The van der Waals surface area contributed by atoms with Crippen molar-refractivity contribution in [1.82, 2.24) is 15.3 Å². The van der Waals surface area contributed by atoms with Crippen molar-refractivity contribution >= 4 is 17.6 Å². The quantitative estimate of drug-likeness (QED) is 0.685. The van der Waals surface area contributed by atoms with Crippen molar-refractivity contribution in [2.75, 3.05) is 19.1 Å². The molecule has 158 valence electrons. The Morgan fingerprint density at radius 1 is 1.13 bits per heavy atom. The Labute approximate surface area is 179 Å². The minimum absolute atomic E-state index is 0.172. The second kappa shape index (κ2) is 8.83. The van der Waals surface area contributed by atoms with Crippen molar-refractivity contribution in [3.8, 4) is 17.4 Å². The number of pyridine rings is 2. The molecule has 2 aromatic heterocycles. The fourth-order valence-electron chi connectivity index (χ4n) is 3.41. The van der Waals surface area contributed by atoms with Gasteiger partial charge in [-0.1, -0.05) is 18.2 Å². The molecule has 0 spiro atoms. The molecule has 0 saturated heterocycles. The average molecular weight is 418 g/mol. The summed E-state index contributed by atoms with van der Waals surface area (Å²) in [6.07, 6.45) is 2.55. The normalized spacial score (nSPS) is 15.6. The summed E-state index contributed by atoms with van der Waals surface area (Å²) in [5.41, 5.74) is 1.09. The van der Waals surface area contributed by atoms with Gasteiger partial charge in [0.05, 0.1) is 7.11 Å². The highest BCUT2D eigenvalue weighted by Gasteiger charge is 2.31. The number of hydrogen-bond donors (Lipinski definition) is 1. The molecule has 1 aliphatic heterocycles. The molecule has 3 heterocycles. The number of benzene rings is 1. The smallest absolute Gasteiger partial charge is 0.270 e. The van der Waals surface area contributed by atoms with E-state index in [2.05, 4.69) is 15.3 Å². The molecule has 0 bridgehead atoms. The number of nitrogens with one attached hydrogen (secondary N) is 1. The van der Waals surface area contributed by atoms with E-state index in [-0.39, 0.29) is 11.6 Å². The van der Waals surface area contributed by atoms with E-state index in [1.165, 1.54) is 18.2 Å². The lowest BCUT2D eigenvalue weighted by atomic mass is 10.1. The van der Waals surface area contributed by atoms with E-state index in [0.717, 1.165) is 5.56 Å². The lowest BCUT2D eigenvalue weighted by Gasteiger charge is -2.21. The maximum absolute atomic E-state index is 13.0. The summed E-state index contributed by atoms with van der Waals surface area (Å²) in [5, 5.41) is 2.80. The highest BCUT2D eigenvalue weighted by molar-refractivity contribution is 6.02. The lowest BCUT2D eigenvalue weighted by Crippen LogP contribution is -2.47. The van der Waals surface area contributed by atoms with Crippen molar-refractivity contribution in [2.24, 2.45) is 0 Å². The van der Waals surface area contributed by atoms with Crippen molar-refractivity contribution in [3.63, 3.8) is 0 Å². The summed E-state index contributed by atoms with van der Waals surface area (Å²) in [4.78, 5) is 35.8. The number of fused-ring (bicyclic) bond motifs is 1. The third-order valence-corrected chi connectivity index (χ3v) is 5.04. The van der Waals surface area contributed by atoms with E-state index in [4.69, 9.17) is 9.47 Å². The van der Waals surface area contributed by atoms with Gasteiger partial charge in [-0.3, -0.25) is 19.5 Å². The summed E-state index contributed by atoms with van der Waals surface area (Å²) in [6, 6.07) is 15.4. The predicted octanol–water partition coefficient (Wildman–Crippen LogP) is 2.99. The van der Waals surface area contributed by atoms with Gasteiger partial charge in [-0.05, 0) is 42.7 Å². The van der Waals surface area contributed by atoms with Crippen LogP contribution < -0.4 is 19.7 Å². The van der Waals surface area contributed by atoms with Crippen LogP contribution in [0.1, 0.15) is 22.5 Å². The van der Waals surface area contributed by atoms with E-state index >= 15 is 0 Å². The summed E-state index contributed by atoms with van der Waals surface area (Å²) < 4.78 is 10.9. The SMILES string of the molecule is COc1ccc2c(n1)N(C)C(=O)[C@@H](NC(=O)c1cc(Oc3ccccc3)ccn1)CC2. The van der Waals surface area contributed by atoms with Crippen molar-refractivity contribution < 1.29 is 19.1 Å². The molecular weight excluding hydrogens is 396 g/mol. The van der Waals surface area contributed by atoms with Crippen LogP contribution in [0.25, 0.3) is 0 Å². The van der Waals surface area contributed by atoms with Gasteiger partial charge in [-0.15, -0.1) is 0 Å². The largest absolute Gasteiger partial charge is 0.481 e. The van der Waals surface area contributed by atoms with E-state index in [9.17, 15) is 9.59 Å². The molecule has 8 heteroatoms. The molecule has 2 amide bonds. The van der Waals surface area contributed by atoms with Crippen LogP contribution >= 0.6 is 0 Å². The molecule has 1 atom stereocenters. The number of hydrogen-bond acceptors (Lipinski definition) is 6. The summed E-state index contributed by atoms with van der Waals surface area (Å²) in [5.74, 6) is 1.42. The third kappa shape index (κ3) is 4.48. The van der Waals surface area contributed by atoms with Gasteiger partial charge in [0.15, 0.2) is 0 Å². The molecule has 0 aliphatic carbocycles. The molecule has 3 aromatic rings. The first kappa shape index (κ1) is 20.3. The summed E-state index contributed by atoms with van der Waals surface area (Å²) in [7, 11) is 3.17. The summed E-state index contributed by atoms with van der Waals surface area (Å²) in [6.45, 7) is 0. The first-order valence-corrected chi connectivity index (χ1v) is 9.86. The Balaban J connectivity index is 1.48. The number of rotatable bonds is 5. The number of para-hydroxylation sites is 1. The predicted molar refractivity (Wildman–Crippen MR) is 115 cm³/mol. The molecule has 1 aromatic carbocycles. The van der Waals surface area contributed by atoms with Crippen LogP contribution in [-0.4, -0.2) is 42.0 Å². The molecule has 31 heavy (non-hydrogen) atoms. The Hall–Kier alpha value is -3.94. The van der Waals surface area contributed by atoms with E-state index in [0.29, 0.717) is 36.0 Å². The van der Waals surface area contributed by atoms with Crippen LogP contribution in [-0.2, 0) is 11.2 Å². The van der Waals surface area contributed by atoms with Crippen LogP contribution in [0, 0.1) is 0 Å². The number of methoxy groups -OCH3 is 1. The van der Waals surface area contributed by atoms with Crippen LogP contribution in [0.3, 0.4) is 0 Å². The molecule has 1 N–H and O–H groups in total. The molecule has 0 saturated carbocycles. The Kier molecular flexibility index (Phi) is 5.79. The topological polar surface area (TPSA) is 93.7 Å². The maximum atomic E-state index is 13.0. The van der Waals surface area contributed by atoms with Gasteiger partial charge in [0, 0.05) is 25.4 Å². The van der Waals surface area contributed by atoms with Gasteiger partial charge in [0.1, 0.15) is 29.1 Å². The second-order valence-corrected chi connectivity index (χ2v) is 7.09. The zero-order valence-corrected chi connectivity index (χ0v) is 17.2. The molecule has 0 fully saturated rings. The van der Waals surface area contributed by atoms with E-state index in [1.807, 2.05) is 36.4 Å². The molecular formula is C23H22N4O4. The third-order valence-electron chi connectivity index (χ3n) is 5.04. The Morgan fingerprint density at radius 2 is 1.94 bits per heavy atom. The Morgan fingerprint density at radius 3 is 2.71 bits per heavy atom. The Bertz CT molecular complexity index is 1100. The minimum Gasteiger partial charge on any atom is -0.481 e. The summed E-state index contributed by atoms with van der Waals surface area (Å²) >= 11 is 0. The number of aromatic nitrogens is 2. The fourth-order valence-corrected chi connectivity index (χ4v) is 3.41. The monoisotopic (exact) mass is 418 g/mol. The van der Waals surface area contributed by atoms with Gasteiger partial charge < -0.3 is 14.8 Å². The number of likely N-dealkylation sites (N-methyl/N-ethyl adjacent to an activating group) is 1. The zero-order chi connectivity index (χ0) is 21.8. The van der Waals surface area contributed by atoms with Crippen molar-refractivity contribution in [1.29, 1.82) is 0 Å². The van der Waals surface area contributed by atoms with Gasteiger partial charge in [-0.25, -0.2) is 0 Å². The zero-order valence-electron chi connectivity index (χ0n) is 17.2. The van der Waals surface area contributed by atoms with Gasteiger partial charge in [-0.2, -0.15) is 4.98 Å². The molecule has 0 unspecified atom stereocenters. The average Bonchev–Trinajstić information content (AvgIpc) is 2.91. The molecule has 4 rings (SSSR count). The number of aryl methyl sites for hydroxylation is 1. The van der Waals surface area contributed by atoms with Crippen LogP contribution in [0.5, 0.6) is 17.4 Å². The fraction of sp³-hybridized carbons (Fsp3) is 0.217. The van der Waals surface area contributed by atoms with Crippen LogP contribution in [0.15, 0.2) is 60.8 Å². The molecule has 1 aliphatic rings. The lowest BCUT2D eigenvalue weighted by molar-refractivity contribution is -0.120. The van der Waals surface area contributed by atoms with Gasteiger partial charge >= 0.3 is 0 Å². The highest BCUT2D eigenvalue weighted by atomic mass is 16.5. The van der Waals surface area contributed by atoms with Gasteiger partial charge in [0.2, 0.25) is 11.8 Å². The van der Waals surface area contributed by atoms with E-state index < -0.39 is 11.9 Å². The number of nitrogens with zero attached hydrogens (tertiary/aromatic N) is 3. The van der Waals surface area contributed by atoms with Crippen molar-refractivity contribution in [2.45, 2.75) is 18.9 Å².